The average Bonchev–Trinajstić information content (AvgIpc) is 2.41. The fourth-order valence-corrected chi connectivity index (χ4v) is 2.26. The van der Waals surface area contributed by atoms with Gasteiger partial charge in [0.2, 0.25) is 0 Å². The number of phenolic OH excluding ortho intramolecular Hbond substituents is 4. The van der Waals surface area contributed by atoms with E-state index in [9.17, 15) is 30.0 Å². The van der Waals surface area contributed by atoms with Crippen molar-refractivity contribution in [2.75, 3.05) is 0 Å². The van der Waals surface area contributed by atoms with Gasteiger partial charge in [0.15, 0.2) is 23.1 Å². The predicted molar refractivity (Wildman–Crippen MR) is 66.4 cm³/mol. The molecule has 3 rings (SSSR count). The number of hydrogen-bond donors (Lipinski definition) is 4. The van der Waals surface area contributed by atoms with Crippen LogP contribution in [0.25, 0.3) is 0 Å². The highest BCUT2D eigenvalue weighted by molar-refractivity contribution is 6.30. The summed E-state index contributed by atoms with van der Waals surface area (Å²) >= 11 is 0. The van der Waals surface area contributed by atoms with Crippen LogP contribution in [0.4, 0.5) is 0 Å². The largest absolute Gasteiger partial charge is 0.507 e. The molecule has 0 atom stereocenters. The Bertz CT molecular complexity index is 725. The van der Waals surface area contributed by atoms with Gasteiger partial charge in [-0.25, -0.2) is 0 Å². The summed E-state index contributed by atoms with van der Waals surface area (Å²) in [5, 5.41) is 38.3. The second-order valence-electron chi connectivity index (χ2n) is 4.40. The first-order chi connectivity index (χ1) is 9.41. The third kappa shape index (κ3) is 1.38. The van der Waals surface area contributed by atoms with Crippen molar-refractivity contribution in [1.82, 2.24) is 0 Å². The highest BCUT2D eigenvalue weighted by Gasteiger charge is 2.35. The Morgan fingerprint density at radius 3 is 1.30 bits per heavy atom. The van der Waals surface area contributed by atoms with Gasteiger partial charge in [-0.2, -0.15) is 0 Å². The Balaban J connectivity index is 2.40. The van der Waals surface area contributed by atoms with E-state index in [1.54, 1.807) is 0 Å². The first kappa shape index (κ1) is 12.0. The summed E-state index contributed by atoms with van der Waals surface area (Å²) < 4.78 is 0. The van der Waals surface area contributed by atoms with Gasteiger partial charge in [0.05, 0.1) is 11.1 Å². The van der Waals surface area contributed by atoms with E-state index in [4.69, 9.17) is 0 Å². The quantitative estimate of drug-likeness (QED) is 0.362. The molecule has 4 N–H and O–H groups in total. The molecule has 0 bridgehead atoms. The number of rotatable bonds is 0. The highest BCUT2D eigenvalue weighted by atomic mass is 16.3. The Morgan fingerprint density at radius 2 is 0.950 bits per heavy atom. The summed E-state index contributed by atoms with van der Waals surface area (Å²) in [6, 6.07) is 4.11. The lowest BCUT2D eigenvalue weighted by Crippen LogP contribution is -2.21. The molecule has 2 aromatic carbocycles. The molecule has 0 spiro atoms. The lowest BCUT2D eigenvalue weighted by Gasteiger charge is -2.19. The van der Waals surface area contributed by atoms with E-state index in [1.165, 1.54) is 0 Å². The second-order valence-corrected chi connectivity index (χ2v) is 4.40. The molecule has 6 nitrogen and oxygen atoms in total. The van der Waals surface area contributed by atoms with E-state index in [0.29, 0.717) is 0 Å². The Morgan fingerprint density at radius 1 is 0.600 bits per heavy atom. The van der Waals surface area contributed by atoms with Crippen LogP contribution in [0.2, 0.25) is 0 Å². The minimum Gasteiger partial charge on any atom is -0.507 e. The van der Waals surface area contributed by atoms with E-state index >= 15 is 0 Å². The number of hydrogen-bond acceptors (Lipinski definition) is 6. The van der Waals surface area contributed by atoms with Crippen molar-refractivity contribution in [3.8, 4) is 23.0 Å². The molecular formula is C14H8O6. The van der Waals surface area contributed by atoms with Crippen molar-refractivity contribution in [3.05, 3.63) is 46.5 Å². The molecule has 0 saturated heterocycles. The van der Waals surface area contributed by atoms with Gasteiger partial charge in [0.1, 0.15) is 11.5 Å². The summed E-state index contributed by atoms with van der Waals surface area (Å²) in [5.41, 5.74) is -0.905. The van der Waals surface area contributed by atoms with Crippen molar-refractivity contribution in [3.63, 3.8) is 0 Å². The molecule has 0 saturated carbocycles. The molecule has 1 aliphatic carbocycles. The van der Waals surface area contributed by atoms with Crippen LogP contribution in [0.3, 0.4) is 0 Å². The van der Waals surface area contributed by atoms with Gasteiger partial charge in [-0.3, -0.25) is 9.59 Å². The smallest absolute Gasteiger partial charge is 0.198 e. The zero-order chi connectivity index (χ0) is 14.6. The molecule has 0 fully saturated rings. The minimum absolute atomic E-state index is 0.140. The van der Waals surface area contributed by atoms with Gasteiger partial charge < -0.3 is 20.4 Å². The first-order valence-electron chi connectivity index (χ1n) is 5.62. The maximum atomic E-state index is 12.3. The molecule has 0 heterocycles. The minimum atomic E-state index is -0.710. The Labute approximate surface area is 112 Å². The third-order valence-electron chi connectivity index (χ3n) is 3.22. The number of carbonyl (C=O) groups excluding carboxylic acids is 2. The van der Waals surface area contributed by atoms with Gasteiger partial charge >= 0.3 is 0 Å². The molecule has 100 valence electrons. The SMILES string of the molecule is O=C1c2cc(O)c(O)cc2C(=O)c2c(O)ccc(O)c21. The topological polar surface area (TPSA) is 115 Å². The predicted octanol–water partition coefficient (Wildman–Crippen LogP) is 1.28. The molecule has 0 unspecified atom stereocenters. The molecular weight excluding hydrogens is 264 g/mol. The van der Waals surface area contributed by atoms with Crippen LogP contribution in [-0.2, 0) is 0 Å². The van der Waals surface area contributed by atoms with Crippen LogP contribution in [0.5, 0.6) is 23.0 Å². The van der Waals surface area contributed by atoms with E-state index in [-0.39, 0.29) is 22.3 Å². The average molecular weight is 272 g/mol. The third-order valence-corrected chi connectivity index (χ3v) is 3.22. The van der Waals surface area contributed by atoms with Crippen LogP contribution in [0.1, 0.15) is 31.8 Å². The molecule has 0 aliphatic heterocycles. The number of ketones is 2. The molecule has 0 aromatic heterocycles. The summed E-state index contributed by atoms with van der Waals surface area (Å²) in [6.07, 6.45) is 0. The molecule has 0 radical (unpaired) electrons. The summed E-state index contributed by atoms with van der Waals surface area (Å²) in [7, 11) is 0. The van der Waals surface area contributed by atoms with E-state index in [2.05, 4.69) is 0 Å². The van der Waals surface area contributed by atoms with Crippen LogP contribution in [0.15, 0.2) is 24.3 Å². The second kappa shape index (κ2) is 3.74. The van der Waals surface area contributed by atoms with Crippen LogP contribution >= 0.6 is 0 Å². The number of carbonyl (C=O) groups is 2. The molecule has 20 heavy (non-hydrogen) atoms. The van der Waals surface area contributed by atoms with Crippen molar-refractivity contribution in [2.45, 2.75) is 0 Å². The van der Waals surface area contributed by atoms with E-state index < -0.39 is 34.6 Å². The number of fused-ring (bicyclic) bond motifs is 2. The van der Waals surface area contributed by atoms with E-state index in [1.807, 2.05) is 0 Å². The summed E-state index contributed by atoms with van der Waals surface area (Å²) in [4.78, 5) is 24.5. The van der Waals surface area contributed by atoms with Crippen LogP contribution in [-0.4, -0.2) is 32.0 Å². The molecule has 6 heteroatoms. The highest BCUT2D eigenvalue weighted by Crippen LogP contribution is 2.40. The monoisotopic (exact) mass is 272 g/mol. The van der Waals surface area contributed by atoms with Gasteiger partial charge in [0, 0.05) is 11.1 Å². The molecule has 0 amide bonds. The van der Waals surface area contributed by atoms with Crippen LogP contribution in [0, 0.1) is 0 Å². The van der Waals surface area contributed by atoms with Crippen molar-refractivity contribution >= 4 is 11.6 Å². The molecule has 2 aromatic rings. The first-order valence-corrected chi connectivity index (χ1v) is 5.62. The number of phenols is 4. The zero-order valence-electron chi connectivity index (χ0n) is 9.91. The molecule has 1 aliphatic rings. The normalized spacial score (nSPS) is 13.0. The Kier molecular flexibility index (Phi) is 2.25. The number of aromatic hydroxyl groups is 4. The Hall–Kier alpha value is -3.02. The van der Waals surface area contributed by atoms with E-state index in [0.717, 1.165) is 24.3 Å². The lowest BCUT2D eigenvalue weighted by molar-refractivity contribution is 0.0973. The standard InChI is InChI=1S/C14H8O6/c15-7-1-2-8(16)12-11(7)13(19)5-3-9(17)10(18)4-6(5)14(12)20/h1-4,15-18H. The summed E-state index contributed by atoms with van der Waals surface area (Å²) in [5.74, 6) is -3.39. The van der Waals surface area contributed by atoms with Crippen molar-refractivity contribution < 1.29 is 30.0 Å². The van der Waals surface area contributed by atoms with Gasteiger partial charge in [-0.15, -0.1) is 0 Å². The zero-order valence-corrected chi connectivity index (χ0v) is 9.91. The van der Waals surface area contributed by atoms with Crippen molar-refractivity contribution in [2.24, 2.45) is 0 Å². The van der Waals surface area contributed by atoms with Gasteiger partial charge in [-0.1, -0.05) is 0 Å². The van der Waals surface area contributed by atoms with Gasteiger partial charge in [0.25, 0.3) is 0 Å². The maximum Gasteiger partial charge on any atom is 0.198 e. The fourth-order valence-electron chi connectivity index (χ4n) is 2.26. The summed E-state index contributed by atoms with van der Waals surface area (Å²) in [6.45, 7) is 0. The van der Waals surface area contributed by atoms with Crippen molar-refractivity contribution in [1.29, 1.82) is 0 Å². The fraction of sp³-hybridized carbons (Fsp3) is 0. The maximum absolute atomic E-state index is 12.3. The lowest BCUT2D eigenvalue weighted by atomic mass is 9.83. The number of benzene rings is 2. The van der Waals surface area contributed by atoms with Gasteiger partial charge in [-0.05, 0) is 24.3 Å². The van der Waals surface area contributed by atoms with Crippen LogP contribution < -0.4 is 0 Å².